The fraction of sp³-hybridized carbons (Fsp3) is 1.00. The number of nitrogens with zero attached hydrogens (tertiary/aromatic N) is 1. The van der Waals surface area contributed by atoms with Gasteiger partial charge in [0.15, 0.2) is 0 Å². The second-order valence-electron chi connectivity index (χ2n) is 5.02. The molecule has 1 unspecified atom stereocenters. The van der Waals surface area contributed by atoms with Crippen molar-refractivity contribution in [3.05, 3.63) is 0 Å². The van der Waals surface area contributed by atoms with E-state index in [2.05, 4.69) is 4.90 Å². The lowest BCUT2D eigenvalue weighted by molar-refractivity contribution is -0.00615. The standard InChI is InChI=1S/C11H21NO2/c13-9-11(14)5-6-12(8-11)7-10-3-1-2-4-10/h10,13-14H,1-9H2. The number of rotatable bonds is 3. The molecule has 0 spiro atoms. The average molecular weight is 199 g/mol. The summed E-state index contributed by atoms with van der Waals surface area (Å²) in [7, 11) is 0. The quantitative estimate of drug-likeness (QED) is 0.700. The van der Waals surface area contributed by atoms with Gasteiger partial charge in [-0.2, -0.15) is 0 Å². The van der Waals surface area contributed by atoms with E-state index in [9.17, 15) is 5.11 Å². The summed E-state index contributed by atoms with van der Waals surface area (Å²) in [5.41, 5.74) is -0.807. The molecule has 3 heteroatoms. The molecule has 1 atom stereocenters. The molecule has 2 aliphatic rings. The lowest BCUT2D eigenvalue weighted by atomic mass is 10.1. The zero-order chi connectivity index (χ0) is 10.0. The van der Waals surface area contributed by atoms with Crippen molar-refractivity contribution >= 4 is 0 Å². The second kappa shape index (κ2) is 4.17. The molecule has 2 N–H and O–H groups in total. The Kier molecular flexibility index (Phi) is 3.10. The molecule has 0 amide bonds. The molecule has 0 aromatic carbocycles. The first-order chi connectivity index (χ1) is 6.72. The van der Waals surface area contributed by atoms with Gasteiger partial charge in [-0.15, -0.1) is 0 Å². The number of β-amino-alcohol motifs (C(OH)–C–C–N with tert-alkyl or cyclic N) is 1. The van der Waals surface area contributed by atoms with Crippen LogP contribution in [0.25, 0.3) is 0 Å². The zero-order valence-corrected chi connectivity index (χ0v) is 8.78. The molecule has 1 saturated heterocycles. The van der Waals surface area contributed by atoms with Crippen LogP contribution in [0, 0.1) is 5.92 Å². The average Bonchev–Trinajstić information content (AvgIpc) is 2.78. The summed E-state index contributed by atoms with van der Waals surface area (Å²) in [6.07, 6.45) is 6.20. The maximum absolute atomic E-state index is 9.85. The summed E-state index contributed by atoms with van der Waals surface area (Å²) in [6.45, 7) is 2.66. The van der Waals surface area contributed by atoms with Crippen LogP contribution >= 0.6 is 0 Å². The third kappa shape index (κ3) is 2.27. The number of aliphatic hydroxyl groups excluding tert-OH is 1. The van der Waals surface area contributed by atoms with Crippen LogP contribution in [0.5, 0.6) is 0 Å². The number of aliphatic hydroxyl groups is 2. The van der Waals surface area contributed by atoms with Crippen LogP contribution in [-0.4, -0.2) is 47.0 Å². The molecule has 0 radical (unpaired) electrons. The van der Waals surface area contributed by atoms with Gasteiger partial charge in [0.25, 0.3) is 0 Å². The van der Waals surface area contributed by atoms with Gasteiger partial charge in [-0.1, -0.05) is 12.8 Å². The van der Waals surface area contributed by atoms with Gasteiger partial charge < -0.3 is 15.1 Å². The SMILES string of the molecule is OCC1(O)CCN(CC2CCCC2)C1. The van der Waals surface area contributed by atoms with Crippen LogP contribution < -0.4 is 0 Å². The van der Waals surface area contributed by atoms with Crippen molar-refractivity contribution < 1.29 is 10.2 Å². The number of hydrogen-bond acceptors (Lipinski definition) is 3. The second-order valence-corrected chi connectivity index (χ2v) is 5.02. The van der Waals surface area contributed by atoms with Crippen molar-refractivity contribution in [3.63, 3.8) is 0 Å². The molecule has 0 bridgehead atoms. The Balaban J connectivity index is 1.78. The summed E-state index contributed by atoms with van der Waals surface area (Å²) >= 11 is 0. The fourth-order valence-electron chi connectivity index (χ4n) is 2.78. The lowest BCUT2D eigenvalue weighted by Gasteiger charge is -2.23. The van der Waals surface area contributed by atoms with Gasteiger partial charge in [0.05, 0.1) is 6.61 Å². The maximum Gasteiger partial charge on any atom is 0.101 e. The summed E-state index contributed by atoms with van der Waals surface area (Å²) < 4.78 is 0. The van der Waals surface area contributed by atoms with Crippen molar-refractivity contribution in [1.29, 1.82) is 0 Å². The number of likely N-dealkylation sites (tertiary alicyclic amines) is 1. The highest BCUT2D eigenvalue weighted by atomic mass is 16.3. The molecule has 0 aromatic rings. The van der Waals surface area contributed by atoms with Crippen LogP contribution in [0.15, 0.2) is 0 Å². The Labute approximate surface area is 85.7 Å². The smallest absolute Gasteiger partial charge is 0.101 e. The monoisotopic (exact) mass is 199 g/mol. The van der Waals surface area contributed by atoms with Crippen LogP contribution in [-0.2, 0) is 0 Å². The summed E-state index contributed by atoms with van der Waals surface area (Å²) in [6, 6.07) is 0. The van der Waals surface area contributed by atoms with E-state index in [0.29, 0.717) is 6.54 Å². The first-order valence-corrected chi connectivity index (χ1v) is 5.77. The summed E-state index contributed by atoms with van der Waals surface area (Å²) in [4.78, 5) is 2.31. The van der Waals surface area contributed by atoms with E-state index in [1.54, 1.807) is 0 Å². The molecule has 1 aliphatic heterocycles. The van der Waals surface area contributed by atoms with Gasteiger partial charge in [0, 0.05) is 19.6 Å². The van der Waals surface area contributed by atoms with Crippen LogP contribution in [0.3, 0.4) is 0 Å². The highest BCUT2D eigenvalue weighted by molar-refractivity contribution is 4.90. The largest absolute Gasteiger partial charge is 0.393 e. The summed E-state index contributed by atoms with van der Waals surface area (Å²) in [5.74, 6) is 0.844. The molecule has 1 heterocycles. The molecule has 82 valence electrons. The third-order valence-electron chi connectivity index (χ3n) is 3.70. The first kappa shape index (κ1) is 10.4. The van der Waals surface area contributed by atoms with Gasteiger partial charge >= 0.3 is 0 Å². The van der Waals surface area contributed by atoms with E-state index in [0.717, 1.165) is 25.4 Å². The third-order valence-corrected chi connectivity index (χ3v) is 3.70. The van der Waals surface area contributed by atoms with E-state index in [1.807, 2.05) is 0 Å². The topological polar surface area (TPSA) is 43.7 Å². The molecule has 2 fully saturated rings. The Hall–Kier alpha value is -0.120. The molecule has 1 saturated carbocycles. The molecule has 14 heavy (non-hydrogen) atoms. The highest BCUT2D eigenvalue weighted by Crippen LogP contribution is 2.28. The van der Waals surface area contributed by atoms with Crippen molar-refractivity contribution in [1.82, 2.24) is 4.90 Å². The van der Waals surface area contributed by atoms with Gasteiger partial charge in [-0.3, -0.25) is 0 Å². The minimum absolute atomic E-state index is 0.0891. The van der Waals surface area contributed by atoms with Crippen LogP contribution in [0.4, 0.5) is 0 Å². The van der Waals surface area contributed by atoms with Gasteiger partial charge in [0.2, 0.25) is 0 Å². The highest BCUT2D eigenvalue weighted by Gasteiger charge is 2.36. The van der Waals surface area contributed by atoms with Gasteiger partial charge in [-0.05, 0) is 25.2 Å². The molecule has 3 nitrogen and oxygen atoms in total. The predicted molar refractivity (Wildman–Crippen MR) is 55.1 cm³/mol. The molecular formula is C11H21NO2. The Bertz CT molecular complexity index is 192. The number of hydrogen-bond donors (Lipinski definition) is 2. The molecular weight excluding hydrogens is 178 g/mol. The van der Waals surface area contributed by atoms with E-state index in [4.69, 9.17) is 5.11 Å². The zero-order valence-electron chi connectivity index (χ0n) is 8.78. The predicted octanol–water partition coefficient (Wildman–Crippen LogP) is 0.606. The normalized spacial score (nSPS) is 35.6. The minimum Gasteiger partial charge on any atom is -0.393 e. The Morgan fingerprint density at radius 1 is 1.29 bits per heavy atom. The van der Waals surface area contributed by atoms with Gasteiger partial charge in [-0.25, -0.2) is 0 Å². The van der Waals surface area contributed by atoms with Crippen LogP contribution in [0.2, 0.25) is 0 Å². The fourth-order valence-corrected chi connectivity index (χ4v) is 2.78. The van der Waals surface area contributed by atoms with Gasteiger partial charge in [0.1, 0.15) is 5.60 Å². The van der Waals surface area contributed by atoms with E-state index in [1.165, 1.54) is 25.7 Å². The van der Waals surface area contributed by atoms with E-state index >= 15 is 0 Å². The summed E-state index contributed by atoms with van der Waals surface area (Å²) in [5, 5.41) is 18.9. The Morgan fingerprint density at radius 2 is 2.00 bits per heavy atom. The molecule has 0 aromatic heterocycles. The lowest BCUT2D eigenvalue weighted by Crippen LogP contribution is -2.37. The van der Waals surface area contributed by atoms with Crippen molar-refractivity contribution in [3.8, 4) is 0 Å². The molecule has 1 aliphatic carbocycles. The van der Waals surface area contributed by atoms with Crippen molar-refractivity contribution in [2.45, 2.75) is 37.7 Å². The Morgan fingerprint density at radius 3 is 2.57 bits per heavy atom. The molecule has 2 rings (SSSR count). The van der Waals surface area contributed by atoms with E-state index in [-0.39, 0.29) is 6.61 Å². The van der Waals surface area contributed by atoms with Crippen LogP contribution in [0.1, 0.15) is 32.1 Å². The van der Waals surface area contributed by atoms with Crippen molar-refractivity contribution in [2.24, 2.45) is 5.92 Å². The van der Waals surface area contributed by atoms with Crippen molar-refractivity contribution in [2.75, 3.05) is 26.2 Å². The van der Waals surface area contributed by atoms with E-state index < -0.39 is 5.60 Å². The first-order valence-electron chi connectivity index (χ1n) is 5.77. The minimum atomic E-state index is -0.807. The maximum atomic E-state index is 9.85.